The Balaban J connectivity index is 1.97. The van der Waals surface area contributed by atoms with Crippen molar-refractivity contribution < 1.29 is 0 Å². The molecule has 3 aromatic rings. The SMILES string of the molecule is Nc1cc(N)c(/C=C/c2ccccc2)c(N)c1C=Cc1ccccc1. The van der Waals surface area contributed by atoms with E-state index >= 15 is 0 Å². The van der Waals surface area contributed by atoms with E-state index in [1.165, 1.54) is 0 Å². The molecule has 6 N–H and O–H groups in total. The lowest BCUT2D eigenvalue weighted by Gasteiger charge is -2.12. The molecule has 0 aliphatic rings. The smallest absolute Gasteiger partial charge is 0.0503 e. The molecule has 0 heterocycles. The maximum Gasteiger partial charge on any atom is 0.0503 e. The van der Waals surface area contributed by atoms with Crippen molar-refractivity contribution in [2.75, 3.05) is 17.2 Å². The van der Waals surface area contributed by atoms with Crippen molar-refractivity contribution >= 4 is 41.4 Å². The molecular formula is C22H21N3. The van der Waals surface area contributed by atoms with Gasteiger partial charge in [0.05, 0.1) is 5.69 Å². The molecule has 0 amide bonds. The fraction of sp³-hybridized carbons (Fsp3) is 0. The van der Waals surface area contributed by atoms with Crippen molar-refractivity contribution in [1.29, 1.82) is 0 Å². The third-order valence-electron chi connectivity index (χ3n) is 4.00. The van der Waals surface area contributed by atoms with E-state index in [4.69, 9.17) is 17.2 Å². The molecule has 0 fully saturated rings. The van der Waals surface area contributed by atoms with Crippen molar-refractivity contribution in [2.45, 2.75) is 0 Å². The van der Waals surface area contributed by atoms with Crippen LogP contribution >= 0.6 is 0 Å². The minimum Gasteiger partial charge on any atom is -0.398 e. The van der Waals surface area contributed by atoms with Gasteiger partial charge in [0, 0.05) is 22.5 Å². The monoisotopic (exact) mass is 327 g/mol. The normalized spacial score (nSPS) is 11.4. The Kier molecular flexibility index (Phi) is 4.86. The van der Waals surface area contributed by atoms with E-state index < -0.39 is 0 Å². The Morgan fingerprint density at radius 2 is 0.920 bits per heavy atom. The second kappa shape index (κ2) is 7.41. The summed E-state index contributed by atoms with van der Waals surface area (Å²) in [4.78, 5) is 0. The van der Waals surface area contributed by atoms with Crippen LogP contribution in [0.5, 0.6) is 0 Å². The van der Waals surface area contributed by atoms with E-state index in [0.29, 0.717) is 17.1 Å². The highest BCUT2D eigenvalue weighted by Gasteiger charge is 2.09. The van der Waals surface area contributed by atoms with Crippen molar-refractivity contribution in [2.24, 2.45) is 0 Å². The molecule has 0 aromatic heterocycles. The van der Waals surface area contributed by atoms with E-state index in [0.717, 1.165) is 22.3 Å². The van der Waals surface area contributed by atoms with Crippen LogP contribution in [0, 0.1) is 0 Å². The first-order valence-electron chi connectivity index (χ1n) is 8.09. The molecule has 3 aromatic carbocycles. The van der Waals surface area contributed by atoms with Crippen molar-refractivity contribution in [3.05, 3.63) is 89.0 Å². The Morgan fingerprint density at radius 1 is 0.520 bits per heavy atom. The molecule has 0 saturated carbocycles. The second-order valence-electron chi connectivity index (χ2n) is 5.78. The van der Waals surface area contributed by atoms with Gasteiger partial charge in [0.25, 0.3) is 0 Å². The average Bonchev–Trinajstić information content (AvgIpc) is 2.63. The van der Waals surface area contributed by atoms with Crippen LogP contribution in [0.25, 0.3) is 24.3 Å². The standard InChI is InChI=1S/C22H21N3/c23-20-15-21(24)19(14-12-17-9-5-2-6-10-17)22(25)18(20)13-11-16-7-3-1-4-8-16/h1-15H,23-25H2/b13-11+,14-12?. The molecule has 0 atom stereocenters. The Labute approximate surface area is 148 Å². The summed E-state index contributed by atoms with van der Waals surface area (Å²) >= 11 is 0. The number of hydrogen-bond acceptors (Lipinski definition) is 3. The summed E-state index contributed by atoms with van der Waals surface area (Å²) in [6, 6.07) is 21.8. The lowest BCUT2D eigenvalue weighted by atomic mass is 10.0. The highest BCUT2D eigenvalue weighted by Crippen LogP contribution is 2.32. The van der Waals surface area contributed by atoms with E-state index in [9.17, 15) is 0 Å². The summed E-state index contributed by atoms with van der Waals surface area (Å²) in [5.74, 6) is 0. The fourth-order valence-electron chi connectivity index (χ4n) is 2.64. The number of benzene rings is 3. The number of nitrogens with two attached hydrogens (primary N) is 3. The first kappa shape index (κ1) is 16.4. The summed E-state index contributed by atoms with van der Waals surface area (Å²) in [7, 11) is 0. The quantitative estimate of drug-likeness (QED) is 0.477. The van der Waals surface area contributed by atoms with Crippen LogP contribution in [0.1, 0.15) is 22.3 Å². The summed E-state index contributed by atoms with van der Waals surface area (Å²) < 4.78 is 0. The fourth-order valence-corrected chi connectivity index (χ4v) is 2.64. The van der Waals surface area contributed by atoms with Crippen LogP contribution in [-0.4, -0.2) is 0 Å². The van der Waals surface area contributed by atoms with Gasteiger partial charge in [-0.05, 0) is 17.2 Å². The largest absolute Gasteiger partial charge is 0.398 e. The average molecular weight is 327 g/mol. The molecule has 0 saturated heterocycles. The Bertz CT molecular complexity index is 837. The van der Waals surface area contributed by atoms with Gasteiger partial charge in [0.15, 0.2) is 0 Å². The van der Waals surface area contributed by atoms with Gasteiger partial charge in [-0.3, -0.25) is 0 Å². The lowest BCUT2D eigenvalue weighted by molar-refractivity contribution is 1.58. The summed E-state index contributed by atoms with van der Waals surface area (Å²) in [5.41, 5.74) is 24.1. The summed E-state index contributed by atoms with van der Waals surface area (Å²) in [6.45, 7) is 0. The first-order valence-corrected chi connectivity index (χ1v) is 8.09. The van der Waals surface area contributed by atoms with E-state index in [2.05, 4.69) is 0 Å². The molecule has 25 heavy (non-hydrogen) atoms. The van der Waals surface area contributed by atoms with Gasteiger partial charge >= 0.3 is 0 Å². The van der Waals surface area contributed by atoms with Gasteiger partial charge in [0.2, 0.25) is 0 Å². The zero-order chi connectivity index (χ0) is 17.6. The highest BCUT2D eigenvalue weighted by atomic mass is 14.7. The third kappa shape index (κ3) is 3.90. The molecule has 3 nitrogen and oxygen atoms in total. The highest BCUT2D eigenvalue weighted by molar-refractivity contribution is 5.93. The molecule has 124 valence electrons. The maximum absolute atomic E-state index is 6.35. The van der Waals surface area contributed by atoms with Gasteiger partial charge < -0.3 is 17.2 Å². The van der Waals surface area contributed by atoms with Gasteiger partial charge in [-0.1, -0.05) is 85.0 Å². The lowest BCUT2D eigenvalue weighted by Crippen LogP contribution is -2.02. The first-order chi connectivity index (χ1) is 12.1. The third-order valence-corrected chi connectivity index (χ3v) is 4.00. The van der Waals surface area contributed by atoms with E-state index in [1.54, 1.807) is 6.07 Å². The van der Waals surface area contributed by atoms with Crippen molar-refractivity contribution in [3.63, 3.8) is 0 Å². The zero-order valence-electron chi connectivity index (χ0n) is 13.9. The van der Waals surface area contributed by atoms with Gasteiger partial charge in [-0.25, -0.2) is 0 Å². The zero-order valence-corrected chi connectivity index (χ0v) is 13.9. The predicted octanol–water partition coefficient (Wildman–Crippen LogP) is 4.77. The van der Waals surface area contributed by atoms with Crippen LogP contribution < -0.4 is 17.2 Å². The van der Waals surface area contributed by atoms with Crippen LogP contribution in [0.3, 0.4) is 0 Å². The number of hydrogen-bond donors (Lipinski definition) is 3. The Morgan fingerprint density at radius 3 is 1.32 bits per heavy atom. The van der Waals surface area contributed by atoms with Crippen molar-refractivity contribution in [1.82, 2.24) is 0 Å². The van der Waals surface area contributed by atoms with E-state index in [-0.39, 0.29) is 0 Å². The topological polar surface area (TPSA) is 78.1 Å². The molecule has 0 aliphatic heterocycles. The predicted molar refractivity (Wildman–Crippen MR) is 110 cm³/mol. The minimum atomic E-state index is 0.569. The summed E-state index contributed by atoms with van der Waals surface area (Å²) in [6.07, 6.45) is 7.84. The minimum absolute atomic E-state index is 0.569. The van der Waals surface area contributed by atoms with Crippen LogP contribution in [-0.2, 0) is 0 Å². The van der Waals surface area contributed by atoms with Gasteiger partial charge in [-0.15, -0.1) is 0 Å². The second-order valence-corrected chi connectivity index (χ2v) is 5.78. The van der Waals surface area contributed by atoms with Gasteiger partial charge in [-0.2, -0.15) is 0 Å². The molecule has 0 radical (unpaired) electrons. The van der Waals surface area contributed by atoms with Crippen LogP contribution in [0.4, 0.5) is 17.1 Å². The Hall–Kier alpha value is -3.46. The number of rotatable bonds is 4. The molecule has 0 spiro atoms. The molecule has 0 unspecified atom stereocenters. The molecule has 3 heteroatoms. The molecule has 0 aliphatic carbocycles. The number of nitrogen functional groups attached to an aromatic ring is 3. The van der Waals surface area contributed by atoms with Gasteiger partial charge in [0.1, 0.15) is 0 Å². The van der Waals surface area contributed by atoms with Crippen LogP contribution in [0.15, 0.2) is 66.7 Å². The number of anilines is 3. The van der Waals surface area contributed by atoms with E-state index in [1.807, 2.05) is 85.0 Å². The molecule has 3 rings (SSSR count). The summed E-state index contributed by atoms with van der Waals surface area (Å²) in [5, 5.41) is 0. The molecule has 0 bridgehead atoms. The van der Waals surface area contributed by atoms with Crippen molar-refractivity contribution in [3.8, 4) is 0 Å². The molecular weight excluding hydrogens is 306 g/mol. The van der Waals surface area contributed by atoms with Crippen LogP contribution in [0.2, 0.25) is 0 Å². The maximum atomic E-state index is 6.35.